The highest BCUT2D eigenvalue weighted by molar-refractivity contribution is 7.91. The van der Waals surface area contributed by atoms with Crippen molar-refractivity contribution in [1.82, 2.24) is 19.9 Å². The molecule has 0 radical (unpaired) electrons. The van der Waals surface area contributed by atoms with E-state index in [1.54, 1.807) is 37.3 Å². The number of aromatic nitrogens is 3. The van der Waals surface area contributed by atoms with E-state index >= 15 is 0 Å². The topological polar surface area (TPSA) is 122 Å². The van der Waals surface area contributed by atoms with Gasteiger partial charge in [-0.15, -0.1) is 0 Å². The lowest BCUT2D eigenvalue weighted by Gasteiger charge is -2.17. The number of aromatic amines is 1. The molecule has 1 atom stereocenters. The minimum atomic E-state index is -4.20. The van der Waals surface area contributed by atoms with Crippen LogP contribution in [-0.4, -0.2) is 38.3 Å². The minimum absolute atomic E-state index is 0.0992. The number of nitrogens with zero attached hydrogens (tertiary/aromatic N) is 2. The molecule has 0 fully saturated rings. The normalized spacial score (nSPS) is 13.4. The zero-order chi connectivity index (χ0) is 20.5. The Kier molecular flexibility index (Phi) is 5.57. The molecule has 1 unspecified atom stereocenters. The van der Waals surface area contributed by atoms with Crippen LogP contribution in [-0.2, 0) is 19.9 Å². The molecular formula is C17H17ClN4O4S2. The molecule has 0 bridgehead atoms. The zero-order valence-electron chi connectivity index (χ0n) is 14.9. The fourth-order valence-corrected chi connectivity index (χ4v) is 4.97. The summed E-state index contributed by atoms with van der Waals surface area (Å²) >= 11 is 6.06. The Morgan fingerprint density at radius 2 is 1.75 bits per heavy atom. The molecule has 0 saturated heterocycles. The van der Waals surface area contributed by atoms with Gasteiger partial charge in [-0.3, -0.25) is 5.10 Å². The number of sulfonamides is 1. The van der Waals surface area contributed by atoms with Crippen molar-refractivity contribution in [3.63, 3.8) is 0 Å². The first kappa shape index (κ1) is 20.5. The molecule has 0 aliphatic rings. The number of H-pyrrole nitrogens is 1. The monoisotopic (exact) mass is 440 g/mol. The minimum Gasteiger partial charge on any atom is -0.263 e. The van der Waals surface area contributed by atoms with Crippen molar-refractivity contribution in [2.75, 3.05) is 6.26 Å². The average molecular weight is 441 g/mol. The van der Waals surface area contributed by atoms with Gasteiger partial charge in [0.25, 0.3) is 0 Å². The van der Waals surface area contributed by atoms with Crippen molar-refractivity contribution >= 4 is 31.5 Å². The van der Waals surface area contributed by atoms with Crippen molar-refractivity contribution in [3.8, 4) is 0 Å². The van der Waals surface area contributed by atoms with Crippen molar-refractivity contribution in [1.29, 1.82) is 0 Å². The summed E-state index contributed by atoms with van der Waals surface area (Å²) in [7, 11) is -7.81. The Morgan fingerprint density at radius 1 is 1.07 bits per heavy atom. The first-order valence-electron chi connectivity index (χ1n) is 8.04. The van der Waals surface area contributed by atoms with Gasteiger partial charge < -0.3 is 0 Å². The van der Waals surface area contributed by atoms with E-state index in [-0.39, 0.29) is 20.6 Å². The van der Waals surface area contributed by atoms with Crippen molar-refractivity contribution in [2.24, 2.45) is 0 Å². The molecule has 1 heterocycles. The summed E-state index contributed by atoms with van der Waals surface area (Å²) in [6, 6.07) is 11.4. The van der Waals surface area contributed by atoms with E-state index < -0.39 is 25.9 Å². The first-order valence-corrected chi connectivity index (χ1v) is 11.8. The highest BCUT2D eigenvalue weighted by atomic mass is 35.5. The van der Waals surface area contributed by atoms with E-state index in [0.717, 1.165) is 12.3 Å². The summed E-state index contributed by atoms with van der Waals surface area (Å²) in [6.45, 7) is 1.69. The highest BCUT2D eigenvalue weighted by Crippen LogP contribution is 2.28. The molecule has 11 heteroatoms. The fraction of sp³-hybridized carbons (Fsp3) is 0.176. The number of benzene rings is 2. The van der Waals surface area contributed by atoms with Gasteiger partial charge in [0.15, 0.2) is 15.7 Å². The van der Waals surface area contributed by atoms with Crippen LogP contribution in [0, 0.1) is 6.92 Å². The Bertz CT molecular complexity index is 1210. The quantitative estimate of drug-likeness (QED) is 0.606. The number of hydrogen-bond donors (Lipinski definition) is 2. The Hall–Kier alpha value is -2.27. The summed E-state index contributed by atoms with van der Waals surface area (Å²) in [5, 5.41) is 6.64. The van der Waals surface area contributed by atoms with E-state index in [2.05, 4.69) is 19.9 Å². The van der Waals surface area contributed by atoms with Crippen molar-refractivity contribution < 1.29 is 16.8 Å². The second kappa shape index (κ2) is 7.63. The van der Waals surface area contributed by atoms with E-state index in [1.165, 1.54) is 12.1 Å². The molecule has 28 heavy (non-hydrogen) atoms. The molecular weight excluding hydrogens is 424 g/mol. The predicted octanol–water partition coefficient (Wildman–Crippen LogP) is 2.24. The van der Waals surface area contributed by atoms with Gasteiger partial charge in [-0.2, -0.15) is 9.82 Å². The number of rotatable bonds is 6. The number of sulfone groups is 1. The zero-order valence-corrected chi connectivity index (χ0v) is 17.3. The second-order valence-corrected chi connectivity index (χ2v) is 10.2. The van der Waals surface area contributed by atoms with Crippen LogP contribution < -0.4 is 4.72 Å². The van der Waals surface area contributed by atoms with Gasteiger partial charge in [-0.1, -0.05) is 41.9 Å². The molecule has 148 valence electrons. The summed E-state index contributed by atoms with van der Waals surface area (Å²) in [4.78, 5) is 3.73. The molecule has 1 aromatic heterocycles. The van der Waals surface area contributed by atoms with Gasteiger partial charge in [0.2, 0.25) is 10.0 Å². The lowest BCUT2D eigenvalue weighted by Crippen LogP contribution is -2.30. The molecule has 8 nitrogen and oxygen atoms in total. The van der Waals surface area contributed by atoms with Gasteiger partial charge in [-0.05, 0) is 30.7 Å². The van der Waals surface area contributed by atoms with Crippen LogP contribution in [0.3, 0.4) is 0 Å². The number of hydrogen-bond acceptors (Lipinski definition) is 6. The molecule has 3 rings (SSSR count). The lowest BCUT2D eigenvalue weighted by molar-refractivity contribution is 0.567. The van der Waals surface area contributed by atoms with Crippen LogP contribution >= 0.6 is 11.6 Å². The standard InChI is InChI=1S/C17H17ClN4O4S2/c1-11-19-17(21-20-11)16(12-6-4-3-5-7-12)22-28(25,26)15-10-13(27(2,23)24)8-9-14(15)18/h3-10,16,22H,1-2H3,(H,19,20,21). The Balaban J connectivity index is 2.08. The Labute approximate surface area is 167 Å². The molecule has 2 N–H and O–H groups in total. The third kappa shape index (κ3) is 4.41. The lowest BCUT2D eigenvalue weighted by atomic mass is 10.1. The highest BCUT2D eigenvalue weighted by Gasteiger charge is 2.28. The first-order chi connectivity index (χ1) is 13.1. The van der Waals surface area contributed by atoms with Gasteiger partial charge >= 0.3 is 0 Å². The molecule has 0 aliphatic heterocycles. The maximum absolute atomic E-state index is 13.0. The smallest absolute Gasteiger partial charge is 0.243 e. The van der Waals surface area contributed by atoms with Crippen LogP contribution in [0.2, 0.25) is 5.02 Å². The van der Waals surface area contributed by atoms with Crippen LogP contribution in [0.1, 0.15) is 23.3 Å². The molecule has 0 amide bonds. The van der Waals surface area contributed by atoms with Crippen LogP contribution in [0.15, 0.2) is 58.3 Å². The number of aryl methyl sites for hydroxylation is 1. The van der Waals surface area contributed by atoms with E-state index in [0.29, 0.717) is 11.4 Å². The molecule has 2 aromatic carbocycles. The average Bonchev–Trinajstić information content (AvgIpc) is 3.06. The molecule has 0 spiro atoms. The van der Waals surface area contributed by atoms with Gasteiger partial charge in [0.05, 0.1) is 9.92 Å². The fourth-order valence-electron chi connectivity index (χ4n) is 2.54. The summed E-state index contributed by atoms with van der Waals surface area (Å²) < 4.78 is 52.2. The summed E-state index contributed by atoms with van der Waals surface area (Å²) in [5.41, 5.74) is 0.612. The predicted molar refractivity (Wildman–Crippen MR) is 104 cm³/mol. The van der Waals surface area contributed by atoms with Gasteiger partial charge in [-0.25, -0.2) is 21.8 Å². The number of nitrogens with one attached hydrogen (secondary N) is 2. The largest absolute Gasteiger partial charge is 0.263 e. The number of halogens is 1. The van der Waals surface area contributed by atoms with Crippen LogP contribution in [0.5, 0.6) is 0 Å². The third-order valence-electron chi connectivity index (χ3n) is 3.90. The van der Waals surface area contributed by atoms with Crippen LogP contribution in [0.25, 0.3) is 0 Å². The summed E-state index contributed by atoms with van der Waals surface area (Å²) in [5.74, 6) is 0.745. The van der Waals surface area contributed by atoms with Gasteiger partial charge in [0.1, 0.15) is 16.8 Å². The van der Waals surface area contributed by atoms with Crippen molar-refractivity contribution in [2.45, 2.75) is 22.8 Å². The van der Waals surface area contributed by atoms with Crippen LogP contribution in [0.4, 0.5) is 0 Å². The maximum Gasteiger partial charge on any atom is 0.243 e. The summed E-state index contributed by atoms with van der Waals surface area (Å²) in [6.07, 6.45) is 0.989. The second-order valence-electron chi connectivity index (χ2n) is 6.11. The Morgan fingerprint density at radius 3 is 2.32 bits per heavy atom. The molecule has 0 aliphatic carbocycles. The molecule has 0 saturated carbocycles. The maximum atomic E-state index is 13.0. The van der Waals surface area contributed by atoms with Gasteiger partial charge in [0, 0.05) is 6.26 Å². The molecule has 3 aromatic rings. The van der Waals surface area contributed by atoms with E-state index in [4.69, 9.17) is 11.6 Å². The van der Waals surface area contributed by atoms with E-state index in [1.807, 2.05) is 0 Å². The SMILES string of the molecule is Cc1nc(C(NS(=O)(=O)c2cc(S(C)(=O)=O)ccc2Cl)c2ccccc2)n[nH]1. The van der Waals surface area contributed by atoms with Crippen molar-refractivity contribution in [3.05, 3.63) is 70.8 Å². The van der Waals surface area contributed by atoms with E-state index in [9.17, 15) is 16.8 Å². The third-order valence-corrected chi connectivity index (χ3v) is 6.91.